The first-order valence-corrected chi connectivity index (χ1v) is 18.2. The maximum absolute atomic E-state index is 12.0. The lowest BCUT2D eigenvalue weighted by molar-refractivity contribution is -0.199. The van der Waals surface area contributed by atoms with Crippen molar-refractivity contribution in [2.24, 2.45) is 0 Å². The molecule has 0 aliphatic rings. The van der Waals surface area contributed by atoms with Gasteiger partial charge in [-0.05, 0) is 6.42 Å². The van der Waals surface area contributed by atoms with Gasteiger partial charge in [0.15, 0.2) is 0 Å². The Morgan fingerprint density at radius 2 is 0.585 bits per heavy atom. The summed E-state index contributed by atoms with van der Waals surface area (Å²) < 4.78 is 40.2. The lowest BCUT2D eigenvalue weighted by Crippen LogP contribution is -2.25. The molecule has 246 valence electrons. The minimum Gasteiger partial charge on any atom is -0.459 e. The van der Waals surface area contributed by atoms with Crippen molar-refractivity contribution >= 4 is 5.97 Å². The predicted octanol–water partition coefficient (Wildman–Crippen LogP) is 13.6. The van der Waals surface area contributed by atoms with Crippen LogP contribution < -0.4 is 0 Å². The fraction of sp³-hybridized carbons (Fsp3) is 0.972. The third-order valence-corrected chi connectivity index (χ3v) is 8.46. The summed E-state index contributed by atoms with van der Waals surface area (Å²) in [6, 6.07) is 0. The van der Waals surface area contributed by atoms with Crippen molar-refractivity contribution in [2.75, 3.05) is 6.61 Å². The van der Waals surface area contributed by atoms with Gasteiger partial charge in [0, 0.05) is 0 Å². The molecule has 0 aliphatic carbocycles. The second-order valence-corrected chi connectivity index (χ2v) is 12.6. The Hall–Kier alpha value is -0.740. The van der Waals surface area contributed by atoms with Crippen molar-refractivity contribution in [1.29, 1.82) is 0 Å². The largest absolute Gasteiger partial charge is 0.490 e. The minimum absolute atomic E-state index is 0.127. The Morgan fingerprint density at radius 1 is 0.390 bits per heavy atom. The summed E-state index contributed by atoms with van der Waals surface area (Å²) in [5.41, 5.74) is 0. The zero-order valence-electron chi connectivity index (χ0n) is 27.3. The summed E-state index contributed by atoms with van der Waals surface area (Å²) in [5.74, 6) is -2.07. The average molecular weight is 591 g/mol. The number of carbonyl (C=O) groups is 1. The Bertz CT molecular complexity index is 521. The topological polar surface area (TPSA) is 26.3 Å². The highest BCUT2D eigenvalue weighted by atomic mass is 19.4. The molecule has 0 N–H and O–H groups in total. The molecular weight excluding hydrogens is 521 g/mol. The van der Waals surface area contributed by atoms with Crippen molar-refractivity contribution in [3.05, 3.63) is 0 Å². The van der Waals surface area contributed by atoms with Crippen molar-refractivity contribution in [2.45, 2.75) is 219 Å². The molecule has 0 aromatic carbocycles. The molecule has 0 atom stereocenters. The van der Waals surface area contributed by atoms with Crippen LogP contribution in [0.2, 0.25) is 0 Å². The number of hydrogen-bond donors (Lipinski definition) is 0. The molecular formula is C36H69F3O2. The van der Waals surface area contributed by atoms with E-state index in [4.69, 9.17) is 0 Å². The maximum Gasteiger partial charge on any atom is 0.490 e. The van der Waals surface area contributed by atoms with Crippen molar-refractivity contribution < 1.29 is 22.7 Å². The van der Waals surface area contributed by atoms with Crippen molar-refractivity contribution in [3.63, 3.8) is 0 Å². The molecule has 0 spiro atoms. The molecule has 5 heteroatoms. The molecule has 0 aliphatic heterocycles. The number of hydrogen-bond acceptors (Lipinski definition) is 2. The summed E-state index contributed by atoms with van der Waals surface area (Å²) >= 11 is 0. The SMILES string of the molecule is CCCCCCCCCCCCCCCCCCCCCCCCCCCCCCCCCCOC(=O)C(F)(F)F. The molecule has 0 saturated heterocycles. The highest BCUT2D eigenvalue weighted by molar-refractivity contribution is 5.75. The van der Waals surface area contributed by atoms with E-state index >= 15 is 0 Å². The first-order chi connectivity index (χ1) is 20.0. The number of alkyl halides is 3. The smallest absolute Gasteiger partial charge is 0.459 e. The highest BCUT2D eigenvalue weighted by Gasteiger charge is 2.40. The third kappa shape index (κ3) is 33.6. The number of rotatable bonds is 33. The van der Waals surface area contributed by atoms with Gasteiger partial charge in [-0.1, -0.05) is 206 Å². The standard InChI is InChI=1S/C36H69F3O2/c1-2-3-4-5-6-7-8-9-10-11-12-13-14-15-16-17-18-19-20-21-22-23-24-25-26-27-28-29-30-31-32-33-34-41-35(40)36(37,38)39/h2-34H2,1H3. The van der Waals surface area contributed by atoms with Gasteiger partial charge >= 0.3 is 12.1 Å². The Balaban J connectivity index is 3.08. The molecule has 0 bridgehead atoms. The number of esters is 1. The van der Waals surface area contributed by atoms with E-state index in [1.807, 2.05) is 0 Å². The van der Waals surface area contributed by atoms with E-state index in [9.17, 15) is 18.0 Å². The van der Waals surface area contributed by atoms with Gasteiger partial charge in [-0.3, -0.25) is 0 Å². The normalized spacial score (nSPS) is 11.8. The van der Waals surface area contributed by atoms with Crippen LogP contribution in [0.3, 0.4) is 0 Å². The van der Waals surface area contributed by atoms with E-state index in [1.165, 1.54) is 180 Å². The molecule has 0 saturated carbocycles. The zero-order chi connectivity index (χ0) is 30.1. The van der Waals surface area contributed by atoms with E-state index in [2.05, 4.69) is 11.7 Å². The fourth-order valence-electron chi connectivity index (χ4n) is 5.73. The number of halogens is 3. The van der Waals surface area contributed by atoms with E-state index in [-0.39, 0.29) is 6.61 Å². The van der Waals surface area contributed by atoms with Crippen molar-refractivity contribution in [3.8, 4) is 0 Å². The van der Waals surface area contributed by atoms with E-state index in [0.29, 0.717) is 6.42 Å². The van der Waals surface area contributed by atoms with Crippen LogP contribution in [0.1, 0.15) is 212 Å². The number of unbranched alkanes of at least 4 members (excludes halogenated alkanes) is 31. The second kappa shape index (κ2) is 32.2. The van der Waals surface area contributed by atoms with Crippen LogP contribution in [-0.2, 0) is 9.53 Å². The van der Waals surface area contributed by atoms with Crippen LogP contribution in [0.5, 0.6) is 0 Å². The Morgan fingerprint density at radius 3 is 0.780 bits per heavy atom. The highest BCUT2D eigenvalue weighted by Crippen LogP contribution is 2.18. The van der Waals surface area contributed by atoms with E-state index in [0.717, 1.165) is 19.3 Å². The van der Waals surface area contributed by atoms with Gasteiger partial charge in [-0.2, -0.15) is 13.2 Å². The molecule has 0 radical (unpaired) electrons. The van der Waals surface area contributed by atoms with Crippen LogP contribution in [0.4, 0.5) is 13.2 Å². The molecule has 0 fully saturated rings. The monoisotopic (exact) mass is 591 g/mol. The zero-order valence-corrected chi connectivity index (χ0v) is 27.3. The first kappa shape index (κ1) is 40.3. The fourth-order valence-corrected chi connectivity index (χ4v) is 5.73. The number of carbonyl (C=O) groups excluding carboxylic acids is 1. The van der Waals surface area contributed by atoms with Gasteiger partial charge < -0.3 is 4.74 Å². The molecule has 0 aromatic heterocycles. The summed E-state index contributed by atoms with van der Waals surface area (Å²) in [5, 5.41) is 0. The second-order valence-electron chi connectivity index (χ2n) is 12.6. The summed E-state index contributed by atoms with van der Waals surface area (Å²) in [4.78, 5) is 10.6. The van der Waals surface area contributed by atoms with Crippen LogP contribution in [-0.4, -0.2) is 18.8 Å². The number of ether oxygens (including phenoxy) is 1. The minimum atomic E-state index is -4.87. The first-order valence-electron chi connectivity index (χ1n) is 18.2. The molecule has 0 rings (SSSR count). The molecule has 0 heterocycles. The van der Waals surface area contributed by atoms with Crippen LogP contribution in [0, 0.1) is 0 Å². The Kier molecular flexibility index (Phi) is 31.6. The molecule has 41 heavy (non-hydrogen) atoms. The third-order valence-electron chi connectivity index (χ3n) is 8.46. The van der Waals surface area contributed by atoms with Gasteiger partial charge in [0.1, 0.15) is 0 Å². The van der Waals surface area contributed by atoms with Crippen LogP contribution >= 0.6 is 0 Å². The van der Waals surface area contributed by atoms with Crippen LogP contribution in [0.15, 0.2) is 0 Å². The molecule has 0 unspecified atom stereocenters. The maximum atomic E-state index is 12.0. The summed E-state index contributed by atoms with van der Waals surface area (Å²) in [7, 11) is 0. The summed E-state index contributed by atoms with van der Waals surface area (Å²) in [6.07, 6.45) is 38.0. The van der Waals surface area contributed by atoms with E-state index < -0.39 is 12.1 Å². The summed E-state index contributed by atoms with van der Waals surface area (Å²) in [6.45, 7) is 2.16. The van der Waals surface area contributed by atoms with Gasteiger partial charge in [-0.15, -0.1) is 0 Å². The molecule has 0 aromatic rings. The van der Waals surface area contributed by atoms with Gasteiger partial charge in [0.25, 0.3) is 0 Å². The average Bonchev–Trinajstić information content (AvgIpc) is 2.95. The van der Waals surface area contributed by atoms with Gasteiger partial charge in [-0.25, -0.2) is 4.79 Å². The molecule has 2 nitrogen and oxygen atoms in total. The molecule has 0 amide bonds. The quantitative estimate of drug-likeness (QED) is 0.0561. The van der Waals surface area contributed by atoms with Crippen molar-refractivity contribution in [1.82, 2.24) is 0 Å². The lowest BCUT2D eigenvalue weighted by atomic mass is 10.0. The van der Waals surface area contributed by atoms with Gasteiger partial charge in [0.05, 0.1) is 6.61 Å². The van der Waals surface area contributed by atoms with E-state index in [1.54, 1.807) is 0 Å². The lowest BCUT2D eigenvalue weighted by Gasteiger charge is -2.07. The van der Waals surface area contributed by atoms with Gasteiger partial charge in [0.2, 0.25) is 0 Å². The predicted molar refractivity (Wildman–Crippen MR) is 170 cm³/mol. The Labute approximate surface area is 253 Å². The van der Waals surface area contributed by atoms with Crippen LogP contribution in [0.25, 0.3) is 0 Å².